The fraction of sp³-hybridized carbons (Fsp3) is 0.500. The largest absolute Gasteiger partial charge is 0.493 e. The lowest BCUT2D eigenvalue weighted by Crippen LogP contribution is -2.27. The highest BCUT2D eigenvalue weighted by atomic mass is 16.7. The van der Waals surface area contributed by atoms with Crippen LogP contribution in [0.15, 0.2) is 48.6 Å². The molecule has 38 heavy (non-hydrogen) atoms. The van der Waals surface area contributed by atoms with Crippen molar-refractivity contribution in [2.75, 3.05) is 27.4 Å². The lowest BCUT2D eigenvalue weighted by molar-refractivity contribution is -0.0953. The van der Waals surface area contributed by atoms with Crippen molar-refractivity contribution in [1.82, 2.24) is 0 Å². The van der Waals surface area contributed by atoms with Crippen molar-refractivity contribution in [3.05, 3.63) is 59.7 Å². The Morgan fingerprint density at radius 2 is 1.05 bits per heavy atom. The zero-order valence-electron chi connectivity index (χ0n) is 23.8. The molecule has 2 atom stereocenters. The first-order chi connectivity index (χ1) is 18.4. The van der Waals surface area contributed by atoms with Gasteiger partial charge in [-0.05, 0) is 101 Å². The molecular weight excluding hydrogens is 480 g/mol. The Hall–Kier alpha value is -2.96. The zero-order chi connectivity index (χ0) is 27.3. The Morgan fingerprint density at radius 1 is 0.658 bits per heavy atom. The van der Waals surface area contributed by atoms with Crippen LogP contribution in [0.2, 0.25) is 0 Å². The Morgan fingerprint density at radius 3 is 1.39 bits per heavy atom. The van der Waals surface area contributed by atoms with Gasteiger partial charge in [0, 0.05) is 0 Å². The van der Waals surface area contributed by atoms with Crippen LogP contribution in [0.5, 0.6) is 23.0 Å². The Bertz CT molecular complexity index is 955. The van der Waals surface area contributed by atoms with E-state index in [1.165, 1.54) is 0 Å². The van der Waals surface area contributed by atoms with E-state index in [0.717, 1.165) is 36.8 Å². The fourth-order valence-electron chi connectivity index (χ4n) is 4.69. The van der Waals surface area contributed by atoms with Gasteiger partial charge in [0.25, 0.3) is 0 Å². The third-order valence-electron chi connectivity index (χ3n) is 6.78. The summed E-state index contributed by atoms with van der Waals surface area (Å²) in [6.07, 6.45) is 11.9. The number of ether oxygens (including phenoxy) is 6. The molecule has 6 heteroatoms. The molecule has 0 saturated heterocycles. The minimum Gasteiger partial charge on any atom is -0.493 e. The molecule has 0 aromatic heterocycles. The van der Waals surface area contributed by atoms with Gasteiger partial charge in [-0.3, -0.25) is 0 Å². The fourth-order valence-corrected chi connectivity index (χ4v) is 4.69. The van der Waals surface area contributed by atoms with E-state index in [9.17, 15) is 0 Å². The summed E-state index contributed by atoms with van der Waals surface area (Å²) in [5, 5.41) is 0. The summed E-state index contributed by atoms with van der Waals surface area (Å²) in [7, 11) is 3.31. The van der Waals surface area contributed by atoms with Crippen LogP contribution >= 0.6 is 0 Å². The van der Waals surface area contributed by atoms with E-state index < -0.39 is 0 Å². The average molecular weight is 525 g/mol. The van der Waals surface area contributed by atoms with Crippen molar-refractivity contribution in [3.63, 3.8) is 0 Å². The third-order valence-corrected chi connectivity index (χ3v) is 6.78. The number of methoxy groups -OCH3 is 2. The molecule has 0 radical (unpaired) electrons. The third kappa shape index (κ3) is 9.10. The summed E-state index contributed by atoms with van der Waals surface area (Å²) >= 11 is 0. The van der Waals surface area contributed by atoms with Gasteiger partial charge in [-0.2, -0.15) is 0 Å². The molecule has 0 N–H and O–H groups in total. The maximum Gasteiger partial charge on any atom is 0.197 e. The van der Waals surface area contributed by atoms with Crippen molar-refractivity contribution < 1.29 is 28.4 Å². The van der Waals surface area contributed by atoms with Crippen LogP contribution in [-0.2, 0) is 9.47 Å². The quantitative estimate of drug-likeness (QED) is 0.235. The zero-order valence-corrected chi connectivity index (χ0v) is 23.8. The maximum absolute atomic E-state index is 6.05. The van der Waals surface area contributed by atoms with Crippen molar-refractivity contribution in [2.45, 2.75) is 66.0 Å². The molecule has 1 fully saturated rings. The van der Waals surface area contributed by atoms with Crippen molar-refractivity contribution >= 4 is 12.2 Å². The molecule has 0 bridgehead atoms. The number of hydrogen-bond acceptors (Lipinski definition) is 6. The molecule has 0 aliphatic heterocycles. The van der Waals surface area contributed by atoms with Crippen molar-refractivity contribution in [3.8, 4) is 23.0 Å². The Labute approximate surface area is 228 Å². The highest BCUT2D eigenvalue weighted by Gasteiger charge is 2.23. The molecular formula is C32H44O6. The van der Waals surface area contributed by atoms with Crippen LogP contribution in [0.3, 0.4) is 0 Å². The van der Waals surface area contributed by atoms with Crippen LogP contribution in [0, 0.1) is 11.8 Å². The highest BCUT2D eigenvalue weighted by Crippen LogP contribution is 2.33. The first kappa shape index (κ1) is 29.6. The molecule has 0 amide bonds. The average Bonchev–Trinajstić information content (AvgIpc) is 2.93. The molecule has 1 aliphatic carbocycles. The Balaban J connectivity index is 1.37. The molecule has 208 valence electrons. The number of hydrogen-bond donors (Lipinski definition) is 0. The maximum atomic E-state index is 6.05. The molecule has 2 unspecified atom stereocenters. The molecule has 3 rings (SSSR count). The van der Waals surface area contributed by atoms with Gasteiger partial charge in [-0.25, -0.2) is 0 Å². The minimum atomic E-state index is -0.348. The van der Waals surface area contributed by atoms with Crippen LogP contribution in [0.25, 0.3) is 12.2 Å². The van der Waals surface area contributed by atoms with E-state index in [1.54, 1.807) is 14.2 Å². The van der Waals surface area contributed by atoms with E-state index in [4.69, 9.17) is 28.4 Å². The second-order valence-electron chi connectivity index (χ2n) is 9.74. The van der Waals surface area contributed by atoms with Gasteiger partial charge < -0.3 is 28.4 Å². The summed E-state index contributed by atoms with van der Waals surface area (Å²) in [5.74, 6) is 3.86. The van der Waals surface area contributed by atoms with Gasteiger partial charge in [0.2, 0.25) is 0 Å². The van der Waals surface area contributed by atoms with Crippen molar-refractivity contribution in [2.24, 2.45) is 11.8 Å². The lowest BCUT2D eigenvalue weighted by Gasteiger charge is -2.30. The summed E-state index contributed by atoms with van der Waals surface area (Å²) in [4.78, 5) is 0. The predicted molar refractivity (Wildman–Crippen MR) is 153 cm³/mol. The minimum absolute atomic E-state index is 0.348. The van der Waals surface area contributed by atoms with Crippen LogP contribution < -0.4 is 18.9 Å². The van der Waals surface area contributed by atoms with Crippen LogP contribution in [-0.4, -0.2) is 40.0 Å². The summed E-state index contributed by atoms with van der Waals surface area (Å²) in [6, 6.07) is 11.8. The van der Waals surface area contributed by atoms with Gasteiger partial charge in [-0.15, -0.1) is 0 Å². The SMILES string of the molecule is C/C=C/c1ccc(OC(C)OCC2CCC(COC(C)Oc3ccc(/C=C/C)cc3OC)CC2)c(OC)c1. The second-order valence-corrected chi connectivity index (χ2v) is 9.74. The van der Waals surface area contributed by atoms with Gasteiger partial charge in [0.1, 0.15) is 0 Å². The molecule has 2 aromatic carbocycles. The monoisotopic (exact) mass is 524 g/mol. The highest BCUT2D eigenvalue weighted by molar-refractivity contribution is 5.56. The predicted octanol–water partition coefficient (Wildman–Crippen LogP) is 7.76. The topological polar surface area (TPSA) is 55.4 Å². The first-order valence-corrected chi connectivity index (χ1v) is 13.6. The smallest absolute Gasteiger partial charge is 0.197 e. The van der Waals surface area contributed by atoms with Gasteiger partial charge in [-0.1, -0.05) is 36.4 Å². The molecule has 0 spiro atoms. The standard InChI is InChI=1S/C32H44O6/c1-7-9-25-15-17-29(31(19-25)33-5)37-23(3)35-21-27-11-13-28(14-12-27)22-36-24(4)38-30-18-16-26(10-8-2)20-32(30)34-6/h7-10,15-20,23-24,27-28H,11-14,21-22H2,1-6H3/b9-7+,10-8+. The number of allylic oxidation sites excluding steroid dienone is 2. The molecule has 1 aliphatic rings. The molecule has 2 aromatic rings. The Kier molecular flexibility index (Phi) is 12.0. The molecule has 1 saturated carbocycles. The van der Waals surface area contributed by atoms with Gasteiger partial charge in [0.15, 0.2) is 35.6 Å². The first-order valence-electron chi connectivity index (χ1n) is 13.6. The summed E-state index contributed by atoms with van der Waals surface area (Å²) < 4.78 is 35.1. The summed E-state index contributed by atoms with van der Waals surface area (Å²) in [5.41, 5.74) is 2.15. The van der Waals surface area contributed by atoms with E-state index in [-0.39, 0.29) is 12.6 Å². The number of rotatable bonds is 14. The summed E-state index contributed by atoms with van der Waals surface area (Å²) in [6.45, 7) is 9.23. The van der Waals surface area contributed by atoms with E-state index in [1.807, 2.05) is 88.4 Å². The van der Waals surface area contributed by atoms with Gasteiger partial charge >= 0.3 is 0 Å². The van der Waals surface area contributed by atoms with E-state index >= 15 is 0 Å². The molecule has 0 heterocycles. The molecule has 6 nitrogen and oxygen atoms in total. The van der Waals surface area contributed by atoms with Crippen molar-refractivity contribution in [1.29, 1.82) is 0 Å². The van der Waals surface area contributed by atoms with Gasteiger partial charge in [0.05, 0.1) is 27.4 Å². The van der Waals surface area contributed by atoms with E-state index in [2.05, 4.69) is 0 Å². The second kappa shape index (κ2) is 15.5. The lowest BCUT2D eigenvalue weighted by atomic mass is 9.83. The number of benzene rings is 2. The van der Waals surface area contributed by atoms with Crippen LogP contribution in [0.4, 0.5) is 0 Å². The normalized spacial score (nSPS) is 19.4. The van der Waals surface area contributed by atoms with Crippen LogP contribution in [0.1, 0.15) is 64.5 Å². The van der Waals surface area contributed by atoms with E-state index in [0.29, 0.717) is 48.0 Å².